The summed E-state index contributed by atoms with van der Waals surface area (Å²) in [5, 5.41) is -0.0603. The van der Waals surface area contributed by atoms with Crippen molar-refractivity contribution in [2.75, 3.05) is 44.9 Å². The summed E-state index contributed by atoms with van der Waals surface area (Å²) in [6, 6.07) is 13.9. The largest absolute Gasteiger partial charge is 0.497 e. The minimum atomic E-state index is -0.682. The molecule has 1 N–H and O–H groups in total. The number of benzene rings is 2. The van der Waals surface area contributed by atoms with Crippen molar-refractivity contribution in [3.05, 3.63) is 68.6 Å². The lowest BCUT2D eigenvalue weighted by Crippen LogP contribution is -2.42. The van der Waals surface area contributed by atoms with E-state index >= 15 is 0 Å². The van der Waals surface area contributed by atoms with E-state index in [1.54, 1.807) is 48.4 Å². The maximum absolute atomic E-state index is 13.8. The number of hydrogen-bond acceptors (Lipinski definition) is 9. The number of carbonyl (C=O) groups excluding carboxylic acids is 3. The number of aromatic nitrogens is 1. The minimum absolute atomic E-state index is 0.0858. The number of ether oxygens (including phenoxy) is 3. The molecule has 3 aliphatic heterocycles. The van der Waals surface area contributed by atoms with Crippen molar-refractivity contribution in [2.45, 2.75) is 16.2 Å². The molecule has 0 bridgehead atoms. The summed E-state index contributed by atoms with van der Waals surface area (Å²) in [6.07, 6.45) is 0. The third-order valence-corrected chi connectivity index (χ3v) is 9.52. The maximum Gasteiger partial charge on any atom is 0.305 e. The first kappa shape index (κ1) is 25.7. The second-order valence-corrected chi connectivity index (χ2v) is 11.5. The summed E-state index contributed by atoms with van der Waals surface area (Å²) in [5.74, 6) is -0.767. The molecule has 12 heteroatoms. The first-order valence-electron chi connectivity index (χ1n) is 12.4. The molecule has 3 amide bonds. The summed E-state index contributed by atoms with van der Waals surface area (Å²) in [7, 11) is 1.55. The Morgan fingerprint density at radius 3 is 2.38 bits per heavy atom. The Morgan fingerprint density at radius 1 is 1.00 bits per heavy atom. The lowest BCUT2D eigenvalue weighted by atomic mass is 9.83. The lowest BCUT2D eigenvalue weighted by molar-refractivity contribution is -0.137. The number of aromatic amines is 1. The van der Waals surface area contributed by atoms with Crippen LogP contribution in [-0.4, -0.2) is 72.9 Å². The van der Waals surface area contributed by atoms with Gasteiger partial charge in [0.05, 0.1) is 37.0 Å². The number of nitrogens with one attached hydrogen (secondary N) is 1. The molecule has 3 aliphatic rings. The Morgan fingerprint density at radius 2 is 1.69 bits per heavy atom. The zero-order valence-corrected chi connectivity index (χ0v) is 22.6. The van der Waals surface area contributed by atoms with Gasteiger partial charge < -0.3 is 24.1 Å². The number of amides is 3. The topological polar surface area (TPSA) is 118 Å². The molecule has 1 aromatic heterocycles. The van der Waals surface area contributed by atoms with Gasteiger partial charge >= 0.3 is 4.87 Å². The van der Waals surface area contributed by atoms with Gasteiger partial charge in [-0.2, -0.15) is 0 Å². The van der Waals surface area contributed by atoms with Gasteiger partial charge in [-0.05, 0) is 42.0 Å². The van der Waals surface area contributed by atoms with E-state index in [9.17, 15) is 19.2 Å². The van der Waals surface area contributed by atoms with Crippen molar-refractivity contribution in [3.63, 3.8) is 0 Å². The SMILES string of the molecule is COc1ccc(N2C(=O)[C@H]3[C@H](c4ccc(OCC(=O)N5CCOCC5)cc4)c4sc(=O)[nH]c4S[C@H]3C2=O)cc1. The third-order valence-electron chi connectivity index (χ3n) is 7.12. The number of thiazole rings is 1. The quantitative estimate of drug-likeness (QED) is 0.452. The Kier molecular flexibility index (Phi) is 6.92. The fourth-order valence-corrected chi connectivity index (χ4v) is 7.70. The lowest BCUT2D eigenvalue weighted by Gasteiger charge is -2.30. The van der Waals surface area contributed by atoms with Crippen LogP contribution in [0, 0.1) is 5.92 Å². The summed E-state index contributed by atoms with van der Waals surface area (Å²) >= 11 is 2.29. The average molecular weight is 568 g/mol. The number of carbonyl (C=O) groups is 3. The number of rotatable bonds is 6. The fraction of sp³-hybridized carbons (Fsp3) is 0.333. The van der Waals surface area contributed by atoms with E-state index in [1.165, 1.54) is 16.7 Å². The van der Waals surface area contributed by atoms with Crippen LogP contribution in [0.1, 0.15) is 16.4 Å². The van der Waals surface area contributed by atoms with Crippen molar-refractivity contribution >= 4 is 46.5 Å². The fourth-order valence-electron chi connectivity index (χ4n) is 5.18. The second kappa shape index (κ2) is 10.5. The molecule has 3 aromatic rings. The van der Waals surface area contributed by atoms with Crippen LogP contribution in [0.15, 0.2) is 58.4 Å². The monoisotopic (exact) mass is 567 g/mol. The zero-order valence-electron chi connectivity index (χ0n) is 21.0. The van der Waals surface area contributed by atoms with E-state index in [0.717, 1.165) is 21.8 Å². The number of hydrogen-bond donors (Lipinski definition) is 1. The first-order valence-corrected chi connectivity index (χ1v) is 14.1. The Balaban J connectivity index is 1.27. The molecule has 4 heterocycles. The van der Waals surface area contributed by atoms with Crippen molar-refractivity contribution in [1.82, 2.24) is 9.88 Å². The number of thioether (sulfide) groups is 1. The van der Waals surface area contributed by atoms with Crippen LogP contribution in [0.3, 0.4) is 0 Å². The van der Waals surface area contributed by atoms with Gasteiger partial charge in [0.2, 0.25) is 11.8 Å². The maximum atomic E-state index is 13.8. The van der Waals surface area contributed by atoms with Crippen LogP contribution >= 0.6 is 23.1 Å². The highest BCUT2D eigenvalue weighted by atomic mass is 32.2. The molecule has 2 saturated heterocycles. The van der Waals surface area contributed by atoms with E-state index in [2.05, 4.69) is 4.98 Å². The van der Waals surface area contributed by atoms with Crippen LogP contribution in [-0.2, 0) is 19.1 Å². The molecular weight excluding hydrogens is 542 g/mol. The molecule has 0 saturated carbocycles. The van der Waals surface area contributed by atoms with E-state index < -0.39 is 17.1 Å². The minimum Gasteiger partial charge on any atom is -0.497 e. The second-order valence-electron chi connectivity index (χ2n) is 9.31. The summed E-state index contributed by atoms with van der Waals surface area (Å²) in [4.78, 5) is 58.3. The molecule has 0 unspecified atom stereocenters. The van der Waals surface area contributed by atoms with E-state index in [-0.39, 0.29) is 29.2 Å². The molecule has 39 heavy (non-hydrogen) atoms. The Labute approximate surface area is 231 Å². The highest BCUT2D eigenvalue weighted by molar-refractivity contribution is 8.00. The number of imide groups is 1. The van der Waals surface area contributed by atoms with E-state index in [4.69, 9.17) is 14.2 Å². The molecule has 10 nitrogen and oxygen atoms in total. The van der Waals surface area contributed by atoms with Gasteiger partial charge in [0.25, 0.3) is 5.91 Å². The van der Waals surface area contributed by atoms with Crippen LogP contribution < -0.4 is 19.2 Å². The first-order chi connectivity index (χ1) is 18.9. The van der Waals surface area contributed by atoms with Crippen LogP contribution in [0.5, 0.6) is 11.5 Å². The number of morpholine rings is 1. The normalized spacial score (nSPS) is 22.4. The summed E-state index contributed by atoms with van der Waals surface area (Å²) in [6.45, 7) is 2.05. The number of nitrogens with zero attached hydrogens (tertiary/aromatic N) is 2. The molecule has 202 valence electrons. The molecule has 6 rings (SSSR count). The van der Waals surface area contributed by atoms with Gasteiger partial charge in [-0.1, -0.05) is 35.2 Å². The molecule has 0 spiro atoms. The van der Waals surface area contributed by atoms with Crippen LogP contribution in [0.25, 0.3) is 0 Å². The van der Waals surface area contributed by atoms with Gasteiger partial charge in [0, 0.05) is 23.9 Å². The van der Waals surface area contributed by atoms with Crippen molar-refractivity contribution in [3.8, 4) is 11.5 Å². The van der Waals surface area contributed by atoms with Gasteiger partial charge in [-0.3, -0.25) is 19.2 Å². The van der Waals surface area contributed by atoms with Gasteiger partial charge in [-0.15, -0.1) is 0 Å². The summed E-state index contributed by atoms with van der Waals surface area (Å²) < 4.78 is 16.2. The van der Waals surface area contributed by atoms with Crippen LogP contribution in [0.2, 0.25) is 0 Å². The molecule has 0 radical (unpaired) electrons. The molecular formula is C27H25N3O7S2. The standard InChI is InChI=1S/C27H25N3O7S2/c1-35-17-8-4-16(5-9-17)30-25(32)21-20(22-24(28-27(34)39-22)38-23(21)26(30)33)15-2-6-18(7-3-15)37-14-19(31)29-10-12-36-13-11-29/h2-9,20-21,23H,10-14H2,1H3,(H,28,34)/t20-,21-,23+/m0/s1. The number of anilines is 1. The van der Waals surface area contributed by atoms with Crippen molar-refractivity contribution in [2.24, 2.45) is 5.92 Å². The molecule has 2 fully saturated rings. The summed E-state index contributed by atoms with van der Waals surface area (Å²) in [5.41, 5.74) is 1.26. The highest BCUT2D eigenvalue weighted by Gasteiger charge is 2.56. The number of H-pyrrole nitrogens is 1. The van der Waals surface area contributed by atoms with E-state index in [1.807, 2.05) is 12.1 Å². The Hall–Kier alpha value is -3.61. The van der Waals surface area contributed by atoms with E-state index in [0.29, 0.717) is 48.5 Å². The smallest absolute Gasteiger partial charge is 0.305 e. The predicted octanol–water partition coefficient (Wildman–Crippen LogP) is 2.48. The average Bonchev–Trinajstić information content (AvgIpc) is 3.46. The van der Waals surface area contributed by atoms with Gasteiger partial charge in [0.15, 0.2) is 6.61 Å². The molecule has 3 atom stereocenters. The Bertz CT molecular complexity index is 1460. The van der Waals surface area contributed by atoms with Crippen molar-refractivity contribution < 1.29 is 28.6 Å². The van der Waals surface area contributed by atoms with Crippen LogP contribution in [0.4, 0.5) is 5.69 Å². The van der Waals surface area contributed by atoms with Crippen molar-refractivity contribution in [1.29, 1.82) is 0 Å². The number of methoxy groups -OCH3 is 1. The zero-order chi connectivity index (χ0) is 27.1. The highest BCUT2D eigenvalue weighted by Crippen LogP contribution is 2.53. The van der Waals surface area contributed by atoms with Gasteiger partial charge in [-0.25, -0.2) is 4.90 Å². The molecule has 0 aliphatic carbocycles. The predicted molar refractivity (Wildman–Crippen MR) is 145 cm³/mol. The number of fused-ring (bicyclic) bond motifs is 2. The molecule has 2 aromatic carbocycles. The van der Waals surface area contributed by atoms with Gasteiger partial charge in [0.1, 0.15) is 16.7 Å². The third kappa shape index (κ3) is 4.72.